The molecule has 1 atom stereocenters. The summed E-state index contributed by atoms with van der Waals surface area (Å²) in [5, 5.41) is 13.9. The van der Waals surface area contributed by atoms with Crippen molar-refractivity contribution < 1.29 is 25.9 Å². The summed E-state index contributed by atoms with van der Waals surface area (Å²) in [4.78, 5) is 24.2. The van der Waals surface area contributed by atoms with Crippen molar-refractivity contribution in [2.24, 2.45) is 0 Å². The Morgan fingerprint density at radius 3 is 2.61 bits per heavy atom. The van der Waals surface area contributed by atoms with Gasteiger partial charge in [0.25, 0.3) is 5.91 Å². The number of benzene rings is 3. The van der Waals surface area contributed by atoms with Crippen LogP contribution >= 0.6 is 0 Å². The number of aromatic nitrogens is 2. The van der Waals surface area contributed by atoms with Gasteiger partial charge in [-0.25, -0.2) is 9.97 Å². The van der Waals surface area contributed by atoms with Crippen molar-refractivity contribution >= 4 is 22.6 Å². The second-order valence-electron chi connectivity index (χ2n) is 8.86. The summed E-state index contributed by atoms with van der Waals surface area (Å²) in [5.41, 5.74) is 0.875. The molecule has 6 nitrogen and oxygen atoms in total. The van der Waals surface area contributed by atoms with Gasteiger partial charge < -0.3 is 15.3 Å². The third-order valence-corrected chi connectivity index (χ3v) is 6.28. The van der Waals surface area contributed by atoms with Crippen LogP contribution in [0.15, 0.2) is 66.7 Å². The fourth-order valence-corrected chi connectivity index (χ4v) is 4.51. The molecule has 1 aromatic heterocycles. The summed E-state index contributed by atoms with van der Waals surface area (Å²) in [6.45, 7) is 2.88. The molecule has 0 aliphatic carbocycles. The van der Waals surface area contributed by atoms with Gasteiger partial charge in [-0.1, -0.05) is 30.3 Å². The maximum atomic E-state index is 13.4. The molecule has 1 saturated heterocycles. The maximum Gasteiger partial charge on any atom is 0.417 e. The van der Waals surface area contributed by atoms with Crippen molar-refractivity contribution in [2.75, 3.05) is 18.0 Å². The van der Waals surface area contributed by atoms with Gasteiger partial charge >= 0.3 is 6.18 Å². The lowest BCUT2D eigenvalue weighted by Crippen LogP contribution is -2.38. The number of nitrogens with one attached hydrogen (secondary N) is 1. The zero-order valence-electron chi connectivity index (χ0n) is 19.4. The van der Waals surface area contributed by atoms with Crippen molar-refractivity contribution in [3.63, 3.8) is 0 Å². The van der Waals surface area contributed by atoms with Gasteiger partial charge in [0.2, 0.25) is 0 Å². The van der Waals surface area contributed by atoms with E-state index in [0.717, 1.165) is 17.0 Å². The molecule has 0 radical (unpaired) electrons. The predicted octanol–water partition coefficient (Wildman–Crippen LogP) is 5.83. The Bertz CT molecular complexity index is 1470. The van der Waals surface area contributed by atoms with E-state index in [-0.39, 0.29) is 14.6 Å². The molecule has 0 spiro atoms. The number of phenolic OH excluding ortho intramolecular Hbond substituents is 1. The molecule has 2 N–H and O–H groups in total. The lowest BCUT2D eigenvalue weighted by Gasteiger charge is -2.21. The molecule has 5 rings (SSSR count). The highest BCUT2D eigenvalue weighted by molar-refractivity contribution is 5.96. The van der Waals surface area contributed by atoms with E-state index in [1.807, 2.05) is 30.0 Å². The SMILES string of the molecule is Cc1ccc2c(N3CC[C@@H](NC(=O)c4ccccc4C(F)(F)F)C3)nc(-c3ccccc3O)nc2c1.[HH].[HH]. The molecule has 3 aromatic carbocycles. The van der Waals surface area contributed by atoms with Crippen molar-refractivity contribution in [1.29, 1.82) is 0 Å². The summed E-state index contributed by atoms with van der Waals surface area (Å²) in [7, 11) is 0. The van der Waals surface area contributed by atoms with E-state index in [1.54, 1.807) is 24.3 Å². The second-order valence-corrected chi connectivity index (χ2v) is 8.86. The van der Waals surface area contributed by atoms with Crippen LogP contribution in [0.2, 0.25) is 0 Å². The van der Waals surface area contributed by atoms with Crippen molar-refractivity contribution in [3.8, 4) is 17.1 Å². The number of fused-ring (bicyclic) bond motifs is 1. The fraction of sp³-hybridized carbons (Fsp3) is 0.222. The van der Waals surface area contributed by atoms with Crippen molar-refractivity contribution in [3.05, 3.63) is 83.4 Å². The van der Waals surface area contributed by atoms with Gasteiger partial charge in [0.05, 0.1) is 22.2 Å². The molecule has 1 fully saturated rings. The van der Waals surface area contributed by atoms with Crippen LogP contribution in [0.3, 0.4) is 0 Å². The van der Waals surface area contributed by atoms with Gasteiger partial charge in [-0.2, -0.15) is 13.2 Å². The number of aromatic hydroxyl groups is 1. The molecule has 1 aliphatic rings. The molecule has 0 saturated carbocycles. The molecular formula is C27H27F3N4O2. The molecule has 2 heterocycles. The van der Waals surface area contributed by atoms with Crippen molar-refractivity contribution in [2.45, 2.75) is 25.6 Å². The summed E-state index contributed by atoms with van der Waals surface area (Å²) in [6, 6.07) is 17.1. The fourth-order valence-electron chi connectivity index (χ4n) is 4.51. The Morgan fingerprint density at radius 2 is 1.83 bits per heavy atom. The highest BCUT2D eigenvalue weighted by Crippen LogP contribution is 2.34. The van der Waals surface area contributed by atoms with Gasteiger partial charge in [0.15, 0.2) is 5.82 Å². The van der Waals surface area contributed by atoms with Crippen molar-refractivity contribution in [1.82, 2.24) is 15.3 Å². The summed E-state index contributed by atoms with van der Waals surface area (Å²) in [5.74, 6) is 0.316. The predicted molar refractivity (Wildman–Crippen MR) is 135 cm³/mol. The van der Waals surface area contributed by atoms with E-state index in [4.69, 9.17) is 4.98 Å². The molecule has 36 heavy (non-hydrogen) atoms. The minimum Gasteiger partial charge on any atom is -0.507 e. The molecule has 0 bridgehead atoms. The largest absolute Gasteiger partial charge is 0.507 e. The van der Waals surface area contributed by atoms with E-state index in [0.29, 0.717) is 42.2 Å². The van der Waals surface area contributed by atoms with E-state index >= 15 is 0 Å². The average Bonchev–Trinajstić information content (AvgIpc) is 3.31. The number of halogens is 3. The number of hydrogen-bond acceptors (Lipinski definition) is 5. The number of carbonyl (C=O) groups is 1. The van der Waals surface area contributed by atoms with Gasteiger partial charge in [0, 0.05) is 27.4 Å². The minimum absolute atomic E-state index is 0. The second kappa shape index (κ2) is 9.14. The minimum atomic E-state index is -4.62. The van der Waals surface area contributed by atoms with E-state index in [9.17, 15) is 23.1 Å². The van der Waals surface area contributed by atoms with Crippen LogP contribution in [0.25, 0.3) is 22.3 Å². The number of hydrogen-bond donors (Lipinski definition) is 2. The number of anilines is 1. The lowest BCUT2D eigenvalue weighted by atomic mass is 10.1. The zero-order valence-corrected chi connectivity index (χ0v) is 19.4. The zero-order chi connectivity index (χ0) is 25.4. The molecule has 1 aliphatic heterocycles. The van der Waals surface area contributed by atoms with Crippen LogP contribution < -0.4 is 10.2 Å². The number of nitrogens with zero attached hydrogens (tertiary/aromatic N) is 3. The standard InChI is InChI=1S/C27H23F3N4O2.2H2/c1-16-10-11-19-22(14-16)32-24(20-7-3-5-9-23(20)35)33-25(19)34-13-12-17(15-34)31-26(36)18-6-2-4-8-21(18)27(28,29)30;;/h2-11,14,17,35H,12-13,15H2,1H3,(H,31,36);2*1H/t17-;;/m1../s1. The summed E-state index contributed by atoms with van der Waals surface area (Å²) in [6.07, 6.45) is -4.07. The number of alkyl halides is 3. The molecule has 1 amide bonds. The smallest absolute Gasteiger partial charge is 0.417 e. The monoisotopic (exact) mass is 496 g/mol. The summed E-state index contributed by atoms with van der Waals surface area (Å²) < 4.78 is 40.1. The van der Waals surface area contributed by atoms with Gasteiger partial charge in [-0.3, -0.25) is 4.79 Å². The first kappa shape index (κ1) is 23.6. The first-order valence-corrected chi connectivity index (χ1v) is 11.5. The number of rotatable bonds is 4. The number of amides is 1. The molecular weight excluding hydrogens is 469 g/mol. The number of phenols is 1. The maximum absolute atomic E-state index is 13.4. The Balaban J connectivity index is 0.00000200. The first-order valence-electron chi connectivity index (χ1n) is 11.5. The number of aryl methyl sites for hydroxylation is 1. The van der Waals surface area contributed by atoms with Crippen LogP contribution in [0.4, 0.5) is 19.0 Å². The quantitative estimate of drug-likeness (QED) is 0.372. The topological polar surface area (TPSA) is 78.4 Å². The average molecular weight is 497 g/mol. The van der Waals surface area contributed by atoms with Gasteiger partial charge in [0.1, 0.15) is 11.6 Å². The van der Waals surface area contributed by atoms with Crippen LogP contribution in [-0.4, -0.2) is 40.1 Å². The van der Waals surface area contributed by atoms with E-state index < -0.39 is 23.2 Å². The molecule has 0 unspecified atom stereocenters. The Labute approximate surface area is 208 Å². The Kier molecular flexibility index (Phi) is 5.99. The van der Waals surface area contributed by atoms with Crippen LogP contribution in [0.5, 0.6) is 5.75 Å². The molecule has 4 aromatic rings. The normalized spacial score (nSPS) is 15.9. The molecule has 9 heteroatoms. The highest BCUT2D eigenvalue weighted by atomic mass is 19.4. The van der Waals surface area contributed by atoms with E-state index in [2.05, 4.69) is 10.3 Å². The summed E-state index contributed by atoms with van der Waals surface area (Å²) >= 11 is 0. The Hall–Kier alpha value is -4.14. The van der Waals surface area contributed by atoms with E-state index in [1.165, 1.54) is 18.2 Å². The third kappa shape index (κ3) is 4.56. The van der Waals surface area contributed by atoms with Gasteiger partial charge in [-0.05, 0) is 55.3 Å². The van der Waals surface area contributed by atoms with Gasteiger partial charge in [-0.15, -0.1) is 0 Å². The lowest BCUT2D eigenvalue weighted by molar-refractivity contribution is -0.137. The Morgan fingerprint density at radius 1 is 1.08 bits per heavy atom. The third-order valence-electron chi connectivity index (χ3n) is 6.28. The number of para-hydroxylation sites is 1. The number of carbonyl (C=O) groups excluding carboxylic acids is 1. The van der Waals surface area contributed by atoms with Crippen LogP contribution in [-0.2, 0) is 6.18 Å². The van der Waals surface area contributed by atoms with Crippen LogP contribution in [0, 0.1) is 6.92 Å². The van der Waals surface area contributed by atoms with Crippen LogP contribution in [0.1, 0.15) is 30.8 Å². The molecule has 188 valence electrons. The highest BCUT2D eigenvalue weighted by Gasteiger charge is 2.36. The first-order chi connectivity index (χ1) is 17.2.